The van der Waals surface area contributed by atoms with Crippen molar-refractivity contribution in [3.63, 3.8) is 0 Å². The third-order valence-electron chi connectivity index (χ3n) is 3.95. The summed E-state index contributed by atoms with van der Waals surface area (Å²) in [6, 6.07) is 0.575. The predicted molar refractivity (Wildman–Crippen MR) is 72.1 cm³/mol. The first-order chi connectivity index (χ1) is 8.31. The number of hydrogen-bond donors (Lipinski definition) is 3. The van der Waals surface area contributed by atoms with Crippen LogP contribution in [0.15, 0.2) is 11.6 Å². The van der Waals surface area contributed by atoms with Crippen LogP contribution in [0.25, 0.3) is 0 Å². The maximum atomic E-state index is 3.50. The minimum absolute atomic E-state index is 0.478. The summed E-state index contributed by atoms with van der Waals surface area (Å²) < 4.78 is 0. The molecule has 4 nitrogen and oxygen atoms in total. The third kappa shape index (κ3) is 3.52. The van der Waals surface area contributed by atoms with Gasteiger partial charge in [0.05, 0.1) is 6.17 Å². The quantitative estimate of drug-likeness (QED) is 0.609. The zero-order valence-electron chi connectivity index (χ0n) is 11.1. The van der Waals surface area contributed by atoms with Crippen molar-refractivity contribution in [3.8, 4) is 0 Å². The highest BCUT2D eigenvalue weighted by molar-refractivity contribution is 5.11. The van der Waals surface area contributed by atoms with Crippen molar-refractivity contribution < 1.29 is 0 Å². The van der Waals surface area contributed by atoms with E-state index in [1.54, 1.807) is 5.57 Å². The SMILES string of the molecule is CC=C(CC1NCCN1)C(C)N1CCNCC1. The molecular weight excluding hydrogens is 212 g/mol. The highest BCUT2D eigenvalue weighted by atomic mass is 15.2. The van der Waals surface area contributed by atoms with E-state index < -0.39 is 0 Å². The first kappa shape index (κ1) is 13.0. The molecule has 0 saturated carbocycles. The molecule has 0 aromatic rings. The summed E-state index contributed by atoms with van der Waals surface area (Å²) >= 11 is 0. The summed E-state index contributed by atoms with van der Waals surface area (Å²) in [6.07, 6.45) is 3.90. The first-order valence-corrected chi connectivity index (χ1v) is 6.88. The fraction of sp³-hybridized carbons (Fsp3) is 0.846. The summed E-state index contributed by atoms with van der Waals surface area (Å²) in [5, 5.41) is 10.4. The van der Waals surface area contributed by atoms with Crippen LogP contribution in [0.2, 0.25) is 0 Å². The van der Waals surface area contributed by atoms with Crippen molar-refractivity contribution >= 4 is 0 Å². The van der Waals surface area contributed by atoms with Crippen LogP contribution in [0.5, 0.6) is 0 Å². The molecule has 2 fully saturated rings. The van der Waals surface area contributed by atoms with Crippen LogP contribution < -0.4 is 16.0 Å². The van der Waals surface area contributed by atoms with Crippen molar-refractivity contribution in [3.05, 3.63) is 11.6 Å². The second-order valence-corrected chi connectivity index (χ2v) is 4.99. The van der Waals surface area contributed by atoms with Gasteiger partial charge in [0.15, 0.2) is 0 Å². The Morgan fingerprint density at radius 2 is 1.88 bits per heavy atom. The van der Waals surface area contributed by atoms with Crippen LogP contribution in [0.4, 0.5) is 0 Å². The number of piperazine rings is 1. The van der Waals surface area contributed by atoms with Gasteiger partial charge in [-0.15, -0.1) is 0 Å². The first-order valence-electron chi connectivity index (χ1n) is 6.88. The average molecular weight is 238 g/mol. The monoisotopic (exact) mass is 238 g/mol. The van der Waals surface area contributed by atoms with Gasteiger partial charge < -0.3 is 16.0 Å². The van der Waals surface area contributed by atoms with E-state index in [0.29, 0.717) is 12.2 Å². The molecule has 2 rings (SSSR count). The standard InChI is InChI=1S/C13H26N4/c1-3-12(10-13-15-4-5-16-13)11(2)17-8-6-14-7-9-17/h3,11,13-16H,4-10H2,1-2H3. The van der Waals surface area contributed by atoms with Gasteiger partial charge in [-0.2, -0.15) is 0 Å². The van der Waals surface area contributed by atoms with E-state index in [0.717, 1.165) is 32.6 Å². The second-order valence-electron chi connectivity index (χ2n) is 4.99. The van der Waals surface area contributed by atoms with Crippen LogP contribution in [0, 0.1) is 0 Å². The van der Waals surface area contributed by atoms with Gasteiger partial charge in [-0.1, -0.05) is 11.6 Å². The Morgan fingerprint density at radius 3 is 2.47 bits per heavy atom. The molecule has 2 saturated heterocycles. The Bertz CT molecular complexity index is 252. The van der Waals surface area contributed by atoms with Crippen molar-refractivity contribution in [2.45, 2.75) is 32.5 Å². The van der Waals surface area contributed by atoms with Gasteiger partial charge in [0.1, 0.15) is 0 Å². The van der Waals surface area contributed by atoms with Crippen LogP contribution >= 0.6 is 0 Å². The number of nitrogens with zero attached hydrogens (tertiary/aromatic N) is 1. The smallest absolute Gasteiger partial charge is 0.0611 e. The van der Waals surface area contributed by atoms with Gasteiger partial charge >= 0.3 is 0 Å². The van der Waals surface area contributed by atoms with Gasteiger partial charge in [0.25, 0.3) is 0 Å². The van der Waals surface area contributed by atoms with Gasteiger partial charge in [-0.25, -0.2) is 0 Å². The lowest BCUT2D eigenvalue weighted by molar-refractivity contribution is 0.201. The molecule has 0 amide bonds. The Labute approximate surface area is 105 Å². The molecule has 1 unspecified atom stereocenters. The van der Waals surface area contributed by atoms with Crippen molar-refractivity contribution in [1.29, 1.82) is 0 Å². The molecule has 0 aromatic carbocycles. The molecule has 4 heteroatoms. The van der Waals surface area contributed by atoms with Gasteiger partial charge in [0.2, 0.25) is 0 Å². The van der Waals surface area contributed by atoms with E-state index in [4.69, 9.17) is 0 Å². The second kappa shape index (κ2) is 6.50. The van der Waals surface area contributed by atoms with E-state index in [2.05, 4.69) is 40.8 Å². The molecule has 17 heavy (non-hydrogen) atoms. The van der Waals surface area contributed by atoms with Crippen LogP contribution in [-0.4, -0.2) is 56.4 Å². The van der Waals surface area contributed by atoms with Crippen LogP contribution in [-0.2, 0) is 0 Å². The molecule has 1 atom stereocenters. The average Bonchev–Trinajstić information content (AvgIpc) is 2.89. The normalized spacial score (nSPS) is 26.4. The largest absolute Gasteiger partial charge is 0.314 e. The predicted octanol–water partition coefficient (Wildman–Crippen LogP) is 0.135. The van der Waals surface area contributed by atoms with Crippen molar-refractivity contribution in [2.24, 2.45) is 0 Å². The number of nitrogens with one attached hydrogen (secondary N) is 3. The van der Waals surface area contributed by atoms with Crippen LogP contribution in [0.3, 0.4) is 0 Å². The minimum atomic E-state index is 0.478. The lowest BCUT2D eigenvalue weighted by Crippen LogP contribution is -2.48. The molecule has 0 spiro atoms. The van der Waals surface area contributed by atoms with Crippen LogP contribution in [0.1, 0.15) is 20.3 Å². The number of hydrogen-bond acceptors (Lipinski definition) is 4. The summed E-state index contributed by atoms with van der Waals surface area (Å²) in [5.41, 5.74) is 1.55. The summed E-state index contributed by atoms with van der Waals surface area (Å²) in [5.74, 6) is 0. The maximum absolute atomic E-state index is 3.50. The Hall–Kier alpha value is -0.420. The lowest BCUT2D eigenvalue weighted by Gasteiger charge is -2.35. The van der Waals surface area contributed by atoms with Crippen molar-refractivity contribution in [2.75, 3.05) is 39.3 Å². The van der Waals surface area contributed by atoms with E-state index >= 15 is 0 Å². The Kier molecular flexibility index (Phi) is 4.98. The fourth-order valence-corrected chi connectivity index (χ4v) is 2.78. The fourth-order valence-electron chi connectivity index (χ4n) is 2.78. The molecular formula is C13H26N4. The molecule has 0 aliphatic carbocycles. The van der Waals surface area contributed by atoms with E-state index in [1.807, 2.05) is 0 Å². The summed E-state index contributed by atoms with van der Waals surface area (Å²) in [6.45, 7) is 11.3. The highest BCUT2D eigenvalue weighted by Crippen LogP contribution is 2.16. The number of allylic oxidation sites excluding steroid dienone is 1. The van der Waals surface area contributed by atoms with Crippen molar-refractivity contribution in [1.82, 2.24) is 20.9 Å². The summed E-state index contributed by atoms with van der Waals surface area (Å²) in [7, 11) is 0. The number of rotatable bonds is 4. The lowest BCUT2D eigenvalue weighted by atomic mass is 10.0. The molecule has 0 aromatic heterocycles. The Morgan fingerprint density at radius 1 is 1.24 bits per heavy atom. The topological polar surface area (TPSA) is 39.3 Å². The molecule has 2 heterocycles. The third-order valence-corrected chi connectivity index (χ3v) is 3.95. The molecule has 2 aliphatic rings. The van der Waals surface area contributed by atoms with E-state index in [9.17, 15) is 0 Å². The van der Waals surface area contributed by atoms with Gasteiger partial charge in [0, 0.05) is 45.3 Å². The molecule has 0 bridgehead atoms. The van der Waals surface area contributed by atoms with E-state index in [1.165, 1.54) is 13.1 Å². The Balaban J connectivity index is 1.87. The summed E-state index contributed by atoms with van der Waals surface area (Å²) in [4.78, 5) is 2.58. The maximum Gasteiger partial charge on any atom is 0.0611 e. The van der Waals surface area contributed by atoms with Gasteiger partial charge in [-0.05, 0) is 20.3 Å². The molecule has 2 aliphatic heterocycles. The molecule has 0 radical (unpaired) electrons. The molecule has 98 valence electrons. The van der Waals surface area contributed by atoms with Gasteiger partial charge in [-0.3, -0.25) is 4.90 Å². The molecule has 3 N–H and O–H groups in total. The zero-order chi connectivity index (χ0) is 12.1. The van der Waals surface area contributed by atoms with E-state index in [-0.39, 0.29) is 0 Å². The minimum Gasteiger partial charge on any atom is -0.314 e. The zero-order valence-corrected chi connectivity index (χ0v) is 11.1. The highest BCUT2D eigenvalue weighted by Gasteiger charge is 2.22.